The Morgan fingerprint density at radius 1 is 1.07 bits per heavy atom. The van der Waals surface area contributed by atoms with Crippen LogP contribution in [0, 0.1) is 17.3 Å². The smallest absolute Gasteiger partial charge is 0.255 e. The standard InChI is InChI=1S/C32H42N4O7/c1-35(2)20-13-16(14-34-17-5-7-31(8-6-17)9-10-31)25(37)22-18(20)11-15-12-19-24(36(3)4)27(39)23(30(33)42)29(41)32(19,43)28(40)21(15)26(22)38/h13,15,17,19,24,34,37-38,41,43H,5-12,14H2,1-4H3,(H2,33,42)/t15-,19-,24-,32-/m0/s1. The number of aliphatic hydroxyl groups excluding tert-OH is 2. The van der Waals surface area contributed by atoms with E-state index in [9.17, 15) is 34.8 Å². The summed E-state index contributed by atoms with van der Waals surface area (Å²) in [7, 11) is 6.92. The molecule has 0 radical (unpaired) electrons. The number of anilines is 1. The predicted molar refractivity (Wildman–Crippen MR) is 159 cm³/mol. The fourth-order valence-corrected chi connectivity index (χ4v) is 8.25. The largest absolute Gasteiger partial charge is 0.508 e. The van der Waals surface area contributed by atoms with Crippen LogP contribution in [0.15, 0.2) is 23.0 Å². The van der Waals surface area contributed by atoms with Gasteiger partial charge in [0, 0.05) is 49.4 Å². The van der Waals surface area contributed by atoms with Crippen LogP contribution < -0.4 is 16.0 Å². The summed E-state index contributed by atoms with van der Waals surface area (Å²) in [5, 5.41) is 49.7. The molecule has 0 bridgehead atoms. The normalized spacial score (nSPS) is 30.0. The summed E-state index contributed by atoms with van der Waals surface area (Å²) in [6, 6.07) is 1.13. The van der Waals surface area contributed by atoms with Gasteiger partial charge in [0.1, 0.15) is 22.8 Å². The number of nitrogens with zero attached hydrogens (tertiary/aromatic N) is 2. The molecule has 0 unspecified atom stereocenters. The molecule has 11 heteroatoms. The number of rotatable bonds is 6. The van der Waals surface area contributed by atoms with Gasteiger partial charge in [-0.3, -0.25) is 19.3 Å². The maximum atomic E-state index is 14.1. The molecule has 3 saturated carbocycles. The Labute approximate surface area is 251 Å². The minimum Gasteiger partial charge on any atom is -0.508 e. The Morgan fingerprint density at radius 3 is 2.28 bits per heavy atom. The number of amides is 1. The molecule has 1 amide bonds. The van der Waals surface area contributed by atoms with Crippen LogP contribution in [0.1, 0.15) is 61.6 Å². The Morgan fingerprint density at radius 2 is 1.72 bits per heavy atom. The van der Waals surface area contributed by atoms with Gasteiger partial charge < -0.3 is 36.4 Å². The Balaban J connectivity index is 1.42. The average Bonchev–Trinajstić information content (AvgIpc) is 3.69. The summed E-state index contributed by atoms with van der Waals surface area (Å²) in [4.78, 5) is 43.0. The first-order chi connectivity index (χ1) is 20.2. The van der Waals surface area contributed by atoms with Crippen molar-refractivity contribution in [1.82, 2.24) is 10.2 Å². The number of phenolic OH excluding ortho intramolecular Hbond substituents is 1. The van der Waals surface area contributed by atoms with Crippen molar-refractivity contribution in [2.24, 2.45) is 23.0 Å². The second kappa shape index (κ2) is 10.1. The summed E-state index contributed by atoms with van der Waals surface area (Å²) < 4.78 is 0. The molecule has 0 aromatic heterocycles. The molecule has 0 aliphatic heterocycles. The van der Waals surface area contributed by atoms with Crippen LogP contribution in [-0.4, -0.2) is 88.7 Å². The molecule has 3 fully saturated rings. The number of nitrogens with two attached hydrogens (primary N) is 1. The number of Topliss-reactive ketones (excluding diaryl/α,β-unsaturated/α-hetero) is 2. The zero-order valence-electron chi connectivity index (χ0n) is 25.2. The van der Waals surface area contributed by atoms with E-state index in [1.165, 1.54) is 30.6 Å². The lowest BCUT2D eigenvalue weighted by Crippen LogP contribution is -2.65. The van der Waals surface area contributed by atoms with Crippen molar-refractivity contribution in [2.45, 2.75) is 75.6 Å². The van der Waals surface area contributed by atoms with Gasteiger partial charge in [-0.1, -0.05) is 0 Å². The summed E-state index contributed by atoms with van der Waals surface area (Å²) in [6.45, 7) is 0.377. The van der Waals surface area contributed by atoms with Crippen molar-refractivity contribution in [1.29, 1.82) is 0 Å². The number of aliphatic hydroxyl groups is 3. The highest BCUT2D eigenvalue weighted by Crippen LogP contribution is 2.56. The zero-order chi connectivity index (χ0) is 31.2. The van der Waals surface area contributed by atoms with Gasteiger partial charge in [-0.15, -0.1) is 0 Å². The minimum atomic E-state index is -2.65. The quantitative estimate of drug-likeness (QED) is 0.267. The molecular formula is C32H42N4O7. The first-order valence-electron chi connectivity index (χ1n) is 15.1. The van der Waals surface area contributed by atoms with Crippen LogP contribution >= 0.6 is 0 Å². The molecule has 5 aliphatic carbocycles. The number of carbonyl (C=O) groups excluding carboxylic acids is 3. The maximum Gasteiger partial charge on any atom is 0.255 e. The molecule has 232 valence electrons. The molecule has 7 N–H and O–H groups in total. The van der Waals surface area contributed by atoms with Crippen LogP contribution in [0.4, 0.5) is 5.69 Å². The van der Waals surface area contributed by atoms with E-state index in [0.717, 1.165) is 18.5 Å². The van der Waals surface area contributed by atoms with Crippen molar-refractivity contribution < 1.29 is 34.8 Å². The molecule has 1 aromatic rings. The molecule has 1 spiro atoms. The monoisotopic (exact) mass is 594 g/mol. The van der Waals surface area contributed by atoms with Gasteiger partial charge in [-0.05, 0) is 88.4 Å². The average molecular weight is 595 g/mol. The lowest BCUT2D eigenvalue weighted by atomic mass is 9.57. The second-order valence-electron chi connectivity index (χ2n) is 13.8. The van der Waals surface area contributed by atoms with E-state index >= 15 is 0 Å². The minimum absolute atomic E-state index is 0.0614. The molecule has 0 saturated heterocycles. The summed E-state index contributed by atoms with van der Waals surface area (Å²) >= 11 is 0. The third kappa shape index (κ3) is 4.38. The number of benzene rings is 1. The van der Waals surface area contributed by atoms with E-state index in [2.05, 4.69) is 5.32 Å². The number of likely N-dealkylation sites (N-methyl/N-ethyl adjacent to an activating group) is 1. The first-order valence-corrected chi connectivity index (χ1v) is 15.1. The third-order valence-corrected chi connectivity index (χ3v) is 10.8. The van der Waals surface area contributed by atoms with Crippen LogP contribution in [-0.2, 0) is 27.3 Å². The zero-order valence-corrected chi connectivity index (χ0v) is 25.2. The highest BCUT2D eigenvalue weighted by molar-refractivity contribution is 6.24. The molecule has 0 heterocycles. The fourth-order valence-electron chi connectivity index (χ4n) is 8.25. The number of fused-ring (bicyclic) bond motifs is 3. The fraction of sp³-hybridized carbons (Fsp3) is 0.594. The van der Waals surface area contributed by atoms with Crippen LogP contribution in [0.25, 0.3) is 5.76 Å². The summed E-state index contributed by atoms with van der Waals surface area (Å²) in [5.74, 6) is -6.42. The lowest BCUT2D eigenvalue weighted by molar-refractivity contribution is -0.153. The van der Waals surface area contributed by atoms with Crippen LogP contribution in [0.5, 0.6) is 5.75 Å². The van der Waals surface area contributed by atoms with Crippen LogP contribution in [0.3, 0.4) is 0 Å². The highest BCUT2D eigenvalue weighted by atomic mass is 16.3. The van der Waals surface area contributed by atoms with Crippen molar-refractivity contribution in [3.63, 3.8) is 0 Å². The first kappa shape index (κ1) is 29.7. The number of ketones is 2. The third-order valence-electron chi connectivity index (χ3n) is 10.8. The number of hydrogen-bond donors (Lipinski definition) is 6. The van der Waals surface area contributed by atoms with E-state index in [1.807, 2.05) is 25.1 Å². The second-order valence-corrected chi connectivity index (χ2v) is 13.8. The van der Waals surface area contributed by atoms with Gasteiger partial charge in [0.05, 0.1) is 11.6 Å². The number of nitrogens with one attached hydrogen (secondary N) is 1. The molecule has 4 atom stereocenters. The van der Waals surface area contributed by atoms with Crippen LogP contribution in [0.2, 0.25) is 0 Å². The Bertz CT molecular complexity index is 1480. The van der Waals surface area contributed by atoms with E-state index in [4.69, 9.17) is 5.73 Å². The molecule has 11 nitrogen and oxygen atoms in total. The van der Waals surface area contributed by atoms with E-state index in [0.29, 0.717) is 29.1 Å². The number of carbonyl (C=O) groups is 3. The lowest BCUT2D eigenvalue weighted by Gasteiger charge is -2.50. The van der Waals surface area contributed by atoms with Gasteiger partial charge in [0.2, 0.25) is 5.78 Å². The van der Waals surface area contributed by atoms with Crippen molar-refractivity contribution >= 4 is 28.9 Å². The van der Waals surface area contributed by atoms with Gasteiger partial charge >= 0.3 is 0 Å². The highest BCUT2D eigenvalue weighted by Gasteiger charge is 2.64. The number of phenols is 1. The molecule has 1 aromatic carbocycles. The molecular weight excluding hydrogens is 552 g/mol. The van der Waals surface area contributed by atoms with E-state index in [-0.39, 0.29) is 29.7 Å². The Hall–Kier alpha value is -3.41. The summed E-state index contributed by atoms with van der Waals surface area (Å²) in [6.07, 6.45) is 7.55. The molecule has 43 heavy (non-hydrogen) atoms. The van der Waals surface area contributed by atoms with Crippen molar-refractivity contribution in [3.8, 4) is 5.75 Å². The molecule has 6 rings (SSSR count). The SMILES string of the molecule is CN(C)c1cc(CNC2CCC3(CC2)CC3)c(O)c2c1C[C@H]1C[C@H]3[C@H](N(C)C)C(=O)C(C(N)=O)=C(O)[C@@]3(O)C(=O)C1=C2O. The predicted octanol–water partition coefficient (Wildman–Crippen LogP) is 1.84. The maximum absolute atomic E-state index is 14.1. The van der Waals surface area contributed by atoms with E-state index in [1.54, 1.807) is 14.1 Å². The van der Waals surface area contributed by atoms with Gasteiger partial charge in [0.25, 0.3) is 5.91 Å². The van der Waals surface area contributed by atoms with Crippen molar-refractivity contribution in [3.05, 3.63) is 39.7 Å². The number of primary amides is 1. The topological polar surface area (TPSA) is 177 Å². The van der Waals surface area contributed by atoms with Crippen molar-refractivity contribution in [2.75, 3.05) is 33.1 Å². The molecule has 5 aliphatic rings. The van der Waals surface area contributed by atoms with Gasteiger partial charge in [0.15, 0.2) is 11.4 Å². The van der Waals surface area contributed by atoms with Gasteiger partial charge in [-0.25, -0.2) is 0 Å². The van der Waals surface area contributed by atoms with E-state index < -0.39 is 58.0 Å². The number of aromatic hydroxyl groups is 1. The summed E-state index contributed by atoms with van der Waals surface area (Å²) in [5.41, 5.74) is 4.52. The number of hydrogen-bond acceptors (Lipinski definition) is 10. The van der Waals surface area contributed by atoms with Gasteiger partial charge in [-0.2, -0.15) is 0 Å². The Kier molecular flexibility index (Phi) is 6.94.